The van der Waals surface area contributed by atoms with Crippen LogP contribution in [0.15, 0.2) is 42.7 Å². The van der Waals surface area contributed by atoms with Gasteiger partial charge < -0.3 is 15.0 Å². The molecular formula is C23H31N5O2. The normalized spacial score (nSPS) is 17.8. The molecule has 1 aliphatic heterocycles. The van der Waals surface area contributed by atoms with Crippen LogP contribution in [-0.4, -0.2) is 66.1 Å². The lowest BCUT2D eigenvalue weighted by Crippen LogP contribution is -2.47. The van der Waals surface area contributed by atoms with Crippen molar-refractivity contribution in [2.24, 2.45) is 0 Å². The number of carbonyl (C=O) groups excluding carboxylic acids is 1. The van der Waals surface area contributed by atoms with Gasteiger partial charge in [0.15, 0.2) is 0 Å². The van der Waals surface area contributed by atoms with Crippen LogP contribution in [0.5, 0.6) is 5.75 Å². The first-order valence-corrected chi connectivity index (χ1v) is 11.1. The predicted molar refractivity (Wildman–Crippen MR) is 117 cm³/mol. The number of benzene rings is 1. The van der Waals surface area contributed by atoms with E-state index in [1.54, 1.807) is 12.4 Å². The van der Waals surface area contributed by atoms with Crippen LogP contribution in [0.25, 0.3) is 0 Å². The number of anilines is 1. The van der Waals surface area contributed by atoms with Gasteiger partial charge in [0.05, 0.1) is 6.10 Å². The molecule has 0 radical (unpaired) electrons. The largest absolute Gasteiger partial charge is 0.490 e. The molecule has 4 rings (SSSR count). The van der Waals surface area contributed by atoms with Crippen molar-refractivity contribution in [1.82, 2.24) is 20.2 Å². The Bertz CT molecular complexity index is 785. The zero-order valence-corrected chi connectivity index (χ0v) is 17.5. The van der Waals surface area contributed by atoms with Gasteiger partial charge in [-0.3, -0.25) is 9.69 Å². The van der Waals surface area contributed by atoms with Crippen molar-refractivity contribution in [2.45, 2.75) is 38.2 Å². The first kappa shape index (κ1) is 20.6. The minimum atomic E-state index is -0.0199. The average molecular weight is 410 g/mol. The predicted octanol–water partition coefficient (Wildman–Crippen LogP) is 2.74. The average Bonchev–Trinajstić information content (AvgIpc) is 3.31. The first-order valence-electron chi connectivity index (χ1n) is 11.1. The van der Waals surface area contributed by atoms with Gasteiger partial charge in [-0.05, 0) is 69.0 Å². The molecule has 1 amide bonds. The molecule has 2 aliphatic rings. The summed E-state index contributed by atoms with van der Waals surface area (Å²) in [5.41, 5.74) is 0.685. The molecule has 0 spiro atoms. The van der Waals surface area contributed by atoms with Gasteiger partial charge in [-0.15, -0.1) is 0 Å². The van der Waals surface area contributed by atoms with Crippen LogP contribution in [0.2, 0.25) is 0 Å². The molecule has 7 nitrogen and oxygen atoms in total. The lowest BCUT2D eigenvalue weighted by atomic mass is 10.2. The maximum absolute atomic E-state index is 12.4. The molecule has 1 saturated heterocycles. The Balaban J connectivity index is 1.12. The van der Waals surface area contributed by atoms with Gasteiger partial charge in [0.25, 0.3) is 5.91 Å². The quantitative estimate of drug-likeness (QED) is 0.676. The molecular weight excluding hydrogens is 378 g/mol. The molecule has 1 saturated carbocycles. The summed E-state index contributed by atoms with van der Waals surface area (Å²) in [6.07, 6.45) is 9.63. The molecule has 1 aliphatic carbocycles. The molecule has 0 atom stereocenters. The van der Waals surface area contributed by atoms with Crippen LogP contribution in [0.1, 0.15) is 42.5 Å². The number of rotatable bonds is 8. The molecule has 2 aromatic rings. The maximum atomic E-state index is 12.4. The van der Waals surface area contributed by atoms with Gasteiger partial charge in [0.1, 0.15) is 5.75 Å². The smallest absolute Gasteiger partial charge is 0.251 e. The zero-order chi connectivity index (χ0) is 20.6. The second kappa shape index (κ2) is 10.4. The van der Waals surface area contributed by atoms with Crippen LogP contribution in [-0.2, 0) is 0 Å². The monoisotopic (exact) mass is 409 g/mol. The van der Waals surface area contributed by atoms with Gasteiger partial charge in [-0.25, -0.2) is 9.97 Å². The summed E-state index contributed by atoms with van der Waals surface area (Å²) in [5, 5.41) is 3.03. The Kier molecular flexibility index (Phi) is 7.13. The summed E-state index contributed by atoms with van der Waals surface area (Å²) in [5.74, 6) is 1.65. The number of carbonyl (C=O) groups is 1. The minimum Gasteiger partial charge on any atom is -0.490 e. The topological polar surface area (TPSA) is 70.6 Å². The minimum absolute atomic E-state index is 0.0199. The second-order valence-electron chi connectivity index (χ2n) is 8.04. The van der Waals surface area contributed by atoms with Crippen LogP contribution in [0.3, 0.4) is 0 Å². The number of piperazine rings is 1. The van der Waals surface area contributed by atoms with E-state index in [2.05, 4.69) is 25.1 Å². The highest BCUT2D eigenvalue weighted by atomic mass is 16.5. The lowest BCUT2D eigenvalue weighted by Gasteiger charge is -2.34. The van der Waals surface area contributed by atoms with Crippen molar-refractivity contribution < 1.29 is 9.53 Å². The number of ether oxygens (including phenoxy) is 1. The van der Waals surface area contributed by atoms with Crippen LogP contribution in [0.4, 0.5) is 5.95 Å². The fourth-order valence-corrected chi connectivity index (χ4v) is 4.12. The van der Waals surface area contributed by atoms with E-state index in [-0.39, 0.29) is 5.91 Å². The van der Waals surface area contributed by atoms with Crippen molar-refractivity contribution in [1.29, 1.82) is 0 Å². The number of nitrogens with one attached hydrogen (secondary N) is 1. The Morgan fingerprint density at radius 3 is 2.43 bits per heavy atom. The summed E-state index contributed by atoms with van der Waals surface area (Å²) >= 11 is 0. The Morgan fingerprint density at radius 2 is 1.73 bits per heavy atom. The zero-order valence-electron chi connectivity index (χ0n) is 17.5. The van der Waals surface area contributed by atoms with Gasteiger partial charge in [0.2, 0.25) is 5.95 Å². The van der Waals surface area contributed by atoms with Crippen molar-refractivity contribution in [3.8, 4) is 5.75 Å². The summed E-state index contributed by atoms with van der Waals surface area (Å²) < 4.78 is 5.96. The number of hydrogen-bond acceptors (Lipinski definition) is 6. The molecule has 1 N–H and O–H groups in total. The highest BCUT2D eigenvalue weighted by Gasteiger charge is 2.18. The van der Waals surface area contributed by atoms with Crippen LogP contribution in [0, 0.1) is 0 Å². The van der Waals surface area contributed by atoms with E-state index in [0.29, 0.717) is 18.2 Å². The maximum Gasteiger partial charge on any atom is 0.251 e. The van der Waals surface area contributed by atoms with E-state index >= 15 is 0 Å². The molecule has 0 unspecified atom stereocenters. The molecule has 1 aromatic carbocycles. The van der Waals surface area contributed by atoms with Gasteiger partial charge in [-0.1, -0.05) is 0 Å². The fourth-order valence-electron chi connectivity index (χ4n) is 4.12. The number of aromatic nitrogens is 2. The Labute approximate surface area is 178 Å². The molecule has 2 heterocycles. The number of nitrogens with zero attached hydrogens (tertiary/aromatic N) is 4. The Morgan fingerprint density at radius 1 is 1.03 bits per heavy atom. The number of amides is 1. The van der Waals surface area contributed by atoms with Crippen LogP contribution < -0.4 is 15.0 Å². The van der Waals surface area contributed by atoms with Crippen molar-refractivity contribution in [3.63, 3.8) is 0 Å². The second-order valence-corrected chi connectivity index (χ2v) is 8.04. The van der Waals surface area contributed by atoms with Gasteiger partial charge >= 0.3 is 0 Å². The van der Waals surface area contributed by atoms with Crippen molar-refractivity contribution in [3.05, 3.63) is 48.3 Å². The standard InChI is InChI=1S/C23H31N5O2/c29-22(19-7-9-21(10-8-19)30-20-5-1-2-6-20)24-13-4-14-27-15-17-28(18-16-27)23-25-11-3-12-26-23/h3,7-12,20H,1-2,4-6,13-18H2,(H,24,29). The highest BCUT2D eigenvalue weighted by molar-refractivity contribution is 5.94. The van der Waals surface area contributed by atoms with E-state index < -0.39 is 0 Å². The fraction of sp³-hybridized carbons (Fsp3) is 0.522. The van der Waals surface area contributed by atoms with E-state index in [4.69, 9.17) is 4.74 Å². The molecule has 1 aromatic heterocycles. The summed E-state index contributed by atoms with van der Waals surface area (Å²) in [6.45, 7) is 5.53. The third-order valence-corrected chi connectivity index (χ3v) is 5.87. The van der Waals surface area contributed by atoms with E-state index in [1.165, 1.54) is 12.8 Å². The summed E-state index contributed by atoms with van der Waals surface area (Å²) in [6, 6.07) is 9.36. The summed E-state index contributed by atoms with van der Waals surface area (Å²) in [7, 11) is 0. The van der Waals surface area contributed by atoms with Crippen LogP contribution >= 0.6 is 0 Å². The third-order valence-electron chi connectivity index (χ3n) is 5.87. The van der Waals surface area contributed by atoms with Crippen molar-refractivity contribution >= 4 is 11.9 Å². The molecule has 160 valence electrons. The lowest BCUT2D eigenvalue weighted by molar-refractivity contribution is 0.0951. The van der Waals surface area contributed by atoms with Crippen molar-refractivity contribution in [2.75, 3.05) is 44.2 Å². The molecule has 30 heavy (non-hydrogen) atoms. The SMILES string of the molecule is O=C(NCCCN1CCN(c2ncccn2)CC1)c1ccc(OC2CCCC2)cc1. The molecule has 0 bridgehead atoms. The summed E-state index contributed by atoms with van der Waals surface area (Å²) in [4.78, 5) is 25.7. The number of hydrogen-bond donors (Lipinski definition) is 1. The van der Waals surface area contributed by atoms with Gasteiger partial charge in [0, 0.05) is 50.7 Å². The van der Waals surface area contributed by atoms with E-state index in [0.717, 1.165) is 63.7 Å². The first-order chi connectivity index (χ1) is 14.8. The molecule has 2 fully saturated rings. The Hall–Kier alpha value is -2.67. The third kappa shape index (κ3) is 5.69. The van der Waals surface area contributed by atoms with E-state index in [1.807, 2.05) is 30.3 Å². The van der Waals surface area contributed by atoms with E-state index in [9.17, 15) is 4.79 Å². The van der Waals surface area contributed by atoms with Gasteiger partial charge in [-0.2, -0.15) is 0 Å². The molecule has 7 heteroatoms. The highest BCUT2D eigenvalue weighted by Crippen LogP contribution is 2.24.